The Kier molecular flexibility index (Phi) is 49.2. The number of carbonyl (C=O) groups excluding carboxylic acids is 2. The van der Waals surface area contributed by atoms with E-state index in [9.17, 15) is 19.5 Å². The first-order chi connectivity index (χ1) is 34.1. The van der Waals surface area contributed by atoms with Gasteiger partial charge in [-0.3, -0.25) is 9.59 Å². The fraction of sp³-hybridized carbons (Fsp3) is 0.721. The Hall–Kier alpha value is -3.53. The Morgan fingerprint density at radius 1 is 0.443 bits per heavy atom. The molecule has 0 aliphatic rings. The van der Waals surface area contributed by atoms with Crippen molar-refractivity contribution in [2.45, 2.75) is 238 Å². The molecule has 1 N–H and O–H groups in total. The van der Waals surface area contributed by atoms with E-state index in [4.69, 9.17) is 18.9 Å². The molecule has 0 rings (SSSR count). The minimum Gasteiger partial charge on any atom is -0.477 e. The number of hydrogen-bond donors (Lipinski definition) is 1. The molecule has 2 unspecified atom stereocenters. The number of aliphatic carboxylic acids is 1. The summed E-state index contributed by atoms with van der Waals surface area (Å²) in [6, 6.07) is 0. The van der Waals surface area contributed by atoms with Gasteiger partial charge >= 0.3 is 17.9 Å². The number of allylic oxidation sites excluding steroid dienone is 14. The third kappa shape index (κ3) is 52.3. The standard InChI is InChI=1S/C61H105NO8/c1-6-8-10-12-14-16-18-20-22-24-26-27-28-29-30-31-32-33-34-36-38-40-42-44-46-48-50-52-59(64)70-57(56-69-61(60(65)66)67-54-53-62(3,4)5)55-68-58(63)51-49-47-45-43-41-39-37-35-25-23-21-19-17-15-13-11-9-7-2/h8,10,14,16,20,22-23,25-27,29-30,32-33,57,61H,6-7,9,11-13,15,17-19,21,24,28,31,34-56H2,1-5H3/p+1/b10-8-,16-14-,22-20-,25-23-,27-26-,30-29-,33-32-. The number of carbonyl (C=O) groups is 3. The van der Waals surface area contributed by atoms with Crippen molar-refractivity contribution in [3.05, 3.63) is 85.1 Å². The van der Waals surface area contributed by atoms with Crippen molar-refractivity contribution in [1.29, 1.82) is 0 Å². The zero-order chi connectivity index (χ0) is 51.3. The summed E-state index contributed by atoms with van der Waals surface area (Å²) < 4.78 is 22.9. The summed E-state index contributed by atoms with van der Waals surface area (Å²) in [5.41, 5.74) is 0. The van der Waals surface area contributed by atoms with Crippen LogP contribution in [0.5, 0.6) is 0 Å². The van der Waals surface area contributed by atoms with Gasteiger partial charge in [-0.05, 0) is 89.9 Å². The van der Waals surface area contributed by atoms with Crippen LogP contribution in [-0.4, -0.2) is 87.4 Å². The van der Waals surface area contributed by atoms with E-state index in [0.717, 1.165) is 83.5 Å². The minimum absolute atomic E-state index is 0.182. The van der Waals surface area contributed by atoms with Gasteiger partial charge in [0, 0.05) is 12.8 Å². The van der Waals surface area contributed by atoms with Crippen molar-refractivity contribution in [1.82, 2.24) is 0 Å². The van der Waals surface area contributed by atoms with Crippen LogP contribution in [0, 0.1) is 0 Å². The van der Waals surface area contributed by atoms with Gasteiger partial charge in [-0.1, -0.05) is 208 Å². The molecular formula is C61H106NO8+. The molecule has 9 heteroatoms. The largest absolute Gasteiger partial charge is 0.477 e. The first kappa shape index (κ1) is 66.5. The molecule has 0 saturated heterocycles. The molecule has 70 heavy (non-hydrogen) atoms. The van der Waals surface area contributed by atoms with Gasteiger partial charge in [0.2, 0.25) is 0 Å². The highest BCUT2D eigenvalue weighted by atomic mass is 16.7. The predicted octanol–water partition coefficient (Wildman–Crippen LogP) is 16.4. The second-order valence-corrected chi connectivity index (χ2v) is 19.9. The Balaban J connectivity index is 4.31. The van der Waals surface area contributed by atoms with Gasteiger partial charge in [-0.15, -0.1) is 0 Å². The first-order valence-electron chi connectivity index (χ1n) is 28.3. The van der Waals surface area contributed by atoms with Crippen LogP contribution in [0.3, 0.4) is 0 Å². The monoisotopic (exact) mass is 981 g/mol. The molecule has 0 aromatic rings. The van der Waals surface area contributed by atoms with Crippen molar-refractivity contribution < 1.29 is 42.9 Å². The van der Waals surface area contributed by atoms with Gasteiger partial charge < -0.3 is 28.5 Å². The molecule has 0 fully saturated rings. The fourth-order valence-electron chi connectivity index (χ4n) is 7.54. The van der Waals surface area contributed by atoms with Crippen LogP contribution in [0.15, 0.2) is 85.1 Å². The molecule has 9 nitrogen and oxygen atoms in total. The number of carboxylic acid groups (broad SMARTS) is 1. The molecule has 2 atom stereocenters. The molecule has 402 valence electrons. The molecule has 0 aliphatic carbocycles. The molecule has 0 aliphatic heterocycles. The topological polar surface area (TPSA) is 108 Å². The van der Waals surface area contributed by atoms with E-state index >= 15 is 0 Å². The smallest absolute Gasteiger partial charge is 0.361 e. The second kappa shape index (κ2) is 51.8. The van der Waals surface area contributed by atoms with E-state index in [0.29, 0.717) is 23.9 Å². The van der Waals surface area contributed by atoms with Gasteiger partial charge in [0.05, 0.1) is 34.4 Å². The van der Waals surface area contributed by atoms with E-state index in [2.05, 4.69) is 98.9 Å². The lowest BCUT2D eigenvalue weighted by Crippen LogP contribution is -2.40. The Bertz CT molecular complexity index is 1420. The summed E-state index contributed by atoms with van der Waals surface area (Å²) in [5, 5.41) is 9.69. The van der Waals surface area contributed by atoms with Crippen LogP contribution in [0.4, 0.5) is 0 Å². The maximum atomic E-state index is 12.9. The van der Waals surface area contributed by atoms with Gasteiger partial charge in [0.15, 0.2) is 6.10 Å². The number of carboxylic acids is 1. The third-order valence-electron chi connectivity index (χ3n) is 11.9. The summed E-state index contributed by atoms with van der Waals surface area (Å²) in [6.07, 6.45) is 65.0. The number of unbranched alkanes of at least 4 members (excludes halogenated alkanes) is 22. The van der Waals surface area contributed by atoms with Crippen LogP contribution in [0.1, 0.15) is 226 Å². The molecule has 0 amide bonds. The van der Waals surface area contributed by atoms with Crippen molar-refractivity contribution in [2.24, 2.45) is 0 Å². The molecule has 0 heterocycles. The third-order valence-corrected chi connectivity index (χ3v) is 11.9. The van der Waals surface area contributed by atoms with Crippen molar-refractivity contribution in [3.8, 4) is 0 Å². The summed E-state index contributed by atoms with van der Waals surface area (Å²) in [4.78, 5) is 37.4. The Labute approximate surface area is 430 Å². The number of hydrogen-bond acceptors (Lipinski definition) is 7. The van der Waals surface area contributed by atoms with Crippen LogP contribution >= 0.6 is 0 Å². The highest BCUT2D eigenvalue weighted by Crippen LogP contribution is 2.15. The summed E-state index contributed by atoms with van der Waals surface area (Å²) >= 11 is 0. The van der Waals surface area contributed by atoms with Crippen molar-refractivity contribution >= 4 is 17.9 Å². The van der Waals surface area contributed by atoms with Crippen LogP contribution < -0.4 is 0 Å². The minimum atomic E-state index is -1.52. The van der Waals surface area contributed by atoms with Crippen LogP contribution in [0.2, 0.25) is 0 Å². The summed E-state index contributed by atoms with van der Waals surface area (Å²) in [7, 11) is 5.96. The van der Waals surface area contributed by atoms with E-state index in [-0.39, 0.29) is 32.2 Å². The molecular weight excluding hydrogens is 875 g/mol. The van der Waals surface area contributed by atoms with Crippen LogP contribution in [0.25, 0.3) is 0 Å². The highest BCUT2D eigenvalue weighted by molar-refractivity contribution is 5.71. The number of esters is 2. The molecule has 0 bridgehead atoms. The number of ether oxygens (including phenoxy) is 4. The SMILES string of the molecule is CC/C=C\C/C=C\C/C=C\C/C=C\C/C=C\C/C=C\CCCCCCCCCCC(=O)OC(COC(=O)CCCCCCCCC/C=C\CCCCCCCCC)COC(OCC[N+](C)(C)C)C(=O)O. The lowest BCUT2D eigenvalue weighted by molar-refractivity contribution is -0.870. The fourth-order valence-corrected chi connectivity index (χ4v) is 7.54. The lowest BCUT2D eigenvalue weighted by atomic mass is 10.1. The Morgan fingerprint density at radius 3 is 1.23 bits per heavy atom. The average molecular weight is 982 g/mol. The van der Waals surface area contributed by atoms with E-state index in [1.54, 1.807) is 0 Å². The molecule has 0 spiro atoms. The number of nitrogens with zero attached hydrogens (tertiary/aromatic N) is 1. The molecule has 0 aromatic heterocycles. The summed E-state index contributed by atoms with van der Waals surface area (Å²) in [5.74, 6) is -2.03. The Morgan fingerprint density at radius 2 is 0.814 bits per heavy atom. The second-order valence-electron chi connectivity index (χ2n) is 19.9. The number of quaternary nitrogens is 1. The number of likely N-dealkylation sites (N-methyl/N-ethyl adjacent to an activating group) is 1. The first-order valence-corrected chi connectivity index (χ1v) is 28.3. The van der Waals surface area contributed by atoms with E-state index in [1.165, 1.54) is 109 Å². The van der Waals surface area contributed by atoms with Gasteiger partial charge in [0.25, 0.3) is 6.29 Å². The zero-order valence-corrected chi connectivity index (χ0v) is 45.7. The molecule has 0 aromatic carbocycles. The van der Waals surface area contributed by atoms with E-state index < -0.39 is 24.3 Å². The summed E-state index contributed by atoms with van der Waals surface area (Å²) in [6.45, 7) is 4.75. The van der Waals surface area contributed by atoms with Crippen molar-refractivity contribution in [3.63, 3.8) is 0 Å². The molecule has 0 saturated carbocycles. The van der Waals surface area contributed by atoms with Crippen molar-refractivity contribution in [2.75, 3.05) is 47.5 Å². The number of rotatable bonds is 51. The highest BCUT2D eigenvalue weighted by Gasteiger charge is 2.25. The normalized spacial score (nSPS) is 13.4. The predicted molar refractivity (Wildman–Crippen MR) is 295 cm³/mol. The average Bonchev–Trinajstić information content (AvgIpc) is 3.33. The molecule has 0 radical (unpaired) electrons. The maximum Gasteiger partial charge on any atom is 0.361 e. The van der Waals surface area contributed by atoms with Gasteiger partial charge in [0.1, 0.15) is 13.2 Å². The van der Waals surface area contributed by atoms with Gasteiger partial charge in [-0.2, -0.15) is 0 Å². The van der Waals surface area contributed by atoms with Crippen LogP contribution in [-0.2, 0) is 33.3 Å². The lowest BCUT2D eigenvalue weighted by Gasteiger charge is -2.25. The zero-order valence-electron chi connectivity index (χ0n) is 45.7. The maximum absolute atomic E-state index is 12.9. The van der Waals surface area contributed by atoms with Gasteiger partial charge in [-0.25, -0.2) is 4.79 Å². The quantitative estimate of drug-likeness (QED) is 0.0211. The van der Waals surface area contributed by atoms with E-state index in [1.807, 2.05) is 21.1 Å².